The zero-order chi connectivity index (χ0) is 22.3. The molecule has 0 spiro atoms. The molecule has 6 nitrogen and oxygen atoms in total. The van der Waals surface area contributed by atoms with Gasteiger partial charge in [0.15, 0.2) is 11.0 Å². The van der Waals surface area contributed by atoms with Crippen molar-refractivity contribution in [2.75, 3.05) is 5.75 Å². The number of carbonyl (C=O) groups excluding carboxylic acids is 1. The van der Waals surface area contributed by atoms with Gasteiger partial charge in [-0.25, -0.2) is 5.43 Å². The predicted molar refractivity (Wildman–Crippen MR) is 129 cm³/mol. The molecule has 4 aromatic rings. The molecular weight excluding hydrogens is 442 g/mol. The molecule has 1 N–H and O–H groups in total. The van der Waals surface area contributed by atoms with E-state index >= 15 is 0 Å². The first-order chi connectivity index (χ1) is 15.6. The number of hydrogen-bond donors (Lipinski definition) is 1. The molecule has 0 unspecified atom stereocenters. The number of amides is 1. The topological polar surface area (TPSA) is 72.2 Å². The van der Waals surface area contributed by atoms with E-state index in [1.165, 1.54) is 17.3 Å². The Morgan fingerprint density at radius 3 is 2.47 bits per heavy atom. The quantitative estimate of drug-likeness (QED) is 0.235. The van der Waals surface area contributed by atoms with Gasteiger partial charge in [0, 0.05) is 16.3 Å². The molecule has 0 saturated heterocycles. The van der Waals surface area contributed by atoms with Gasteiger partial charge in [-0.1, -0.05) is 71.4 Å². The predicted octanol–water partition coefficient (Wildman–Crippen LogP) is 5.14. The van der Waals surface area contributed by atoms with Crippen molar-refractivity contribution in [2.45, 2.75) is 12.1 Å². The van der Waals surface area contributed by atoms with Crippen molar-refractivity contribution in [3.05, 3.63) is 95.0 Å². The van der Waals surface area contributed by atoms with E-state index in [0.717, 1.165) is 16.8 Å². The third-order valence-electron chi connectivity index (χ3n) is 4.56. The first kappa shape index (κ1) is 21.8. The number of carbonyl (C=O) groups is 1. The van der Waals surface area contributed by atoms with Crippen LogP contribution in [0, 0.1) is 6.92 Å². The van der Waals surface area contributed by atoms with Gasteiger partial charge in [-0.15, -0.1) is 10.2 Å². The fourth-order valence-corrected chi connectivity index (χ4v) is 3.82. The maximum atomic E-state index is 12.3. The van der Waals surface area contributed by atoms with Crippen LogP contribution < -0.4 is 5.43 Å². The number of para-hydroxylation sites is 1. The molecule has 4 rings (SSSR count). The smallest absolute Gasteiger partial charge is 0.250 e. The van der Waals surface area contributed by atoms with Gasteiger partial charge >= 0.3 is 0 Å². The van der Waals surface area contributed by atoms with Crippen LogP contribution in [0.1, 0.15) is 11.1 Å². The molecule has 0 aliphatic carbocycles. The summed E-state index contributed by atoms with van der Waals surface area (Å²) in [5.74, 6) is 0.596. The lowest BCUT2D eigenvalue weighted by molar-refractivity contribution is -0.118. The number of aromatic nitrogens is 3. The van der Waals surface area contributed by atoms with Crippen LogP contribution in [0.2, 0.25) is 5.02 Å². The zero-order valence-electron chi connectivity index (χ0n) is 17.3. The number of nitrogens with zero attached hydrogens (tertiary/aromatic N) is 4. The lowest BCUT2D eigenvalue weighted by Gasteiger charge is -2.10. The second-order valence-electron chi connectivity index (χ2n) is 6.98. The van der Waals surface area contributed by atoms with Crippen molar-refractivity contribution in [3.8, 4) is 17.1 Å². The minimum absolute atomic E-state index is 0.150. The number of halogens is 1. The van der Waals surface area contributed by atoms with Gasteiger partial charge < -0.3 is 0 Å². The van der Waals surface area contributed by atoms with Crippen LogP contribution in [0.4, 0.5) is 0 Å². The monoisotopic (exact) mass is 461 g/mol. The fraction of sp³-hybridized carbons (Fsp3) is 0.0833. The van der Waals surface area contributed by atoms with E-state index in [4.69, 9.17) is 11.6 Å². The summed E-state index contributed by atoms with van der Waals surface area (Å²) in [6.07, 6.45) is 1.62. The standard InChI is InChI=1S/C24H20ClN5OS/c1-17-7-9-18(10-8-17)15-26-27-22(31)16-32-24-29-28-23(19-11-13-20(25)14-12-19)30(24)21-5-3-2-4-6-21/h2-15H,16H2,1H3,(H,27,31)/b26-15+. The van der Waals surface area contributed by atoms with Gasteiger partial charge in [-0.2, -0.15) is 5.10 Å². The summed E-state index contributed by atoms with van der Waals surface area (Å²) < 4.78 is 1.93. The van der Waals surface area contributed by atoms with Crippen molar-refractivity contribution >= 4 is 35.5 Å². The molecular formula is C24H20ClN5OS. The van der Waals surface area contributed by atoms with E-state index in [-0.39, 0.29) is 11.7 Å². The summed E-state index contributed by atoms with van der Waals surface area (Å²) in [6.45, 7) is 2.02. The van der Waals surface area contributed by atoms with Gasteiger partial charge in [-0.3, -0.25) is 9.36 Å². The van der Waals surface area contributed by atoms with Crippen molar-refractivity contribution in [3.63, 3.8) is 0 Å². The Morgan fingerprint density at radius 1 is 1.03 bits per heavy atom. The van der Waals surface area contributed by atoms with Crippen molar-refractivity contribution < 1.29 is 4.79 Å². The number of benzene rings is 3. The van der Waals surface area contributed by atoms with Gasteiger partial charge in [0.2, 0.25) is 0 Å². The van der Waals surface area contributed by atoms with E-state index in [1.807, 2.05) is 90.4 Å². The summed E-state index contributed by atoms with van der Waals surface area (Å²) in [4.78, 5) is 12.3. The number of aryl methyl sites for hydroxylation is 1. The maximum Gasteiger partial charge on any atom is 0.250 e. The average Bonchev–Trinajstić information content (AvgIpc) is 3.24. The van der Waals surface area contributed by atoms with E-state index in [2.05, 4.69) is 20.7 Å². The fourth-order valence-electron chi connectivity index (χ4n) is 2.95. The molecule has 0 saturated carbocycles. The second-order valence-corrected chi connectivity index (χ2v) is 8.36. The third kappa shape index (κ3) is 5.43. The average molecular weight is 462 g/mol. The first-order valence-electron chi connectivity index (χ1n) is 9.88. The van der Waals surface area contributed by atoms with E-state index in [9.17, 15) is 4.79 Å². The van der Waals surface area contributed by atoms with Crippen molar-refractivity contribution in [1.29, 1.82) is 0 Å². The molecule has 8 heteroatoms. The van der Waals surface area contributed by atoms with E-state index in [1.54, 1.807) is 6.21 Å². The van der Waals surface area contributed by atoms with Gasteiger partial charge in [-0.05, 0) is 48.9 Å². The van der Waals surface area contributed by atoms with Crippen LogP contribution in [0.25, 0.3) is 17.1 Å². The van der Waals surface area contributed by atoms with Crippen LogP contribution in [0.3, 0.4) is 0 Å². The minimum Gasteiger partial charge on any atom is -0.272 e. The molecule has 0 aliphatic rings. The van der Waals surface area contributed by atoms with Crippen LogP contribution in [0.15, 0.2) is 89.1 Å². The Balaban J connectivity index is 1.49. The summed E-state index contributed by atoms with van der Waals surface area (Å²) in [5, 5.41) is 14.0. The summed E-state index contributed by atoms with van der Waals surface area (Å²) in [5.41, 5.74) is 6.43. The highest BCUT2D eigenvalue weighted by molar-refractivity contribution is 7.99. The largest absolute Gasteiger partial charge is 0.272 e. The number of hydrazone groups is 1. The Kier molecular flexibility index (Phi) is 6.99. The second kappa shape index (κ2) is 10.3. The highest BCUT2D eigenvalue weighted by Crippen LogP contribution is 2.28. The Morgan fingerprint density at radius 2 is 1.75 bits per heavy atom. The Bertz CT molecular complexity index is 1220. The van der Waals surface area contributed by atoms with Gasteiger partial charge in [0.25, 0.3) is 5.91 Å². The van der Waals surface area contributed by atoms with Crippen LogP contribution >= 0.6 is 23.4 Å². The molecule has 3 aromatic carbocycles. The molecule has 160 valence electrons. The third-order valence-corrected chi connectivity index (χ3v) is 5.74. The van der Waals surface area contributed by atoms with Crippen molar-refractivity contribution in [1.82, 2.24) is 20.2 Å². The normalized spacial score (nSPS) is 11.1. The molecule has 1 amide bonds. The summed E-state index contributed by atoms with van der Waals surface area (Å²) in [7, 11) is 0. The number of nitrogens with one attached hydrogen (secondary N) is 1. The SMILES string of the molecule is Cc1ccc(/C=N/NC(=O)CSc2nnc(-c3ccc(Cl)cc3)n2-c2ccccc2)cc1. The van der Waals surface area contributed by atoms with Crippen LogP contribution in [-0.2, 0) is 4.79 Å². The highest BCUT2D eigenvalue weighted by atomic mass is 35.5. The molecule has 0 bridgehead atoms. The lowest BCUT2D eigenvalue weighted by atomic mass is 10.2. The summed E-state index contributed by atoms with van der Waals surface area (Å²) in [6, 6.07) is 25.1. The number of hydrogen-bond acceptors (Lipinski definition) is 5. The lowest BCUT2D eigenvalue weighted by Crippen LogP contribution is -2.20. The zero-order valence-corrected chi connectivity index (χ0v) is 18.8. The minimum atomic E-state index is -0.228. The first-order valence-corrected chi connectivity index (χ1v) is 11.2. The molecule has 1 heterocycles. The highest BCUT2D eigenvalue weighted by Gasteiger charge is 2.17. The molecule has 1 aromatic heterocycles. The number of thioether (sulfide) groups is 1. The van der Waals surface area contributed by atoms with Gasteiger partial charge in [0.05, 0.1) is 12.0 Å². The Hall–Kier alpha value is -3.42. The maximum absolute atomic E-state index is 12.3. The number of rotatable bonds is 7. The molecule has 32 heavy (non-hydrogen) atoms. The van der Waals surface area contributed by atoms with Crippen LogP contribution in [-0.4, -0.2) is 32.6 Å². The van der Waals surface area contributed by atoms with E-state index < -0.39 is 0 Å². The van der Waals surface area contributed by atoms with Crippen molar-refractivity contribution in [2.24, 2.45) is 5.10 Å². The molecule has 0 fully saturated rings. The van der Waals surface area contributed by atoms with Gasteiger partial charge in [0.1, 0.15) is 0 Å². The van der Waals surface area contributed by atoms with E-state index in [0.29, 0.717) is 16.0 Å². The van der Waals surface area contributed by atoms with Crippen LogP contribution in [0.5, 0.6) is 0 Å². The molecule has 0 radical (unpaired) electrons. The molecule has 0 atom stereocenters. The summed E-state index contributed by atoms with van der Waals surface area (Å²) >= 11 is 7.32. The Labute approximate surface area is 195 Å². The molecule has 0 aliphatic heterocycles.